The van der Waals surface area contributed by atoms with Gasteiger partial charge in [0.2, 0.25) is 0 Å². The summed E-state index contributed by atoms with van der Waals surface area (Å²) in [6.45, 7) is 0.852. The number of hydrogen-bond acceptors (Lipinski definition) is 7. The fourth-order valence-electron chi connectivity index (χ4n) is 5.14. The molecule has 1 aliphatic heterocycles. The van der Waals surface area contributed by atoms with Crippen molar-refractivity contribution in [2.75, 3.05) is 25.5 Å². The van der Waals surface area contributed by atoms with Crippen LogP contribution in [0.5, 0.6) is 5.75 Å². The number of carbonyl (C=O) groups is 1. The summed E-state index contributed by atoms with van der Waals surface area (Å²) in [6.07, 6.45) is -1.37. The van der Waals surface area contributed by atoms with Crippen LogP contribution < -0.4 is 5.32 Å². The lowest BCUT2D eigenvalue weighted by Gasteiger charge is -2.38. The van der Waals surface area contributed by atoms with Crippen molar-refractivity contribution in [3.8, 4) is 5.75 Å². The van der Waals surface area contributed by atoms with Gasteiger partial charge in [-0.05, 0) is 60.1 Å². The third-order valence-electron chi connectivity index (χ3n) is 7.32. The molecule has 0 bridgehead atoms. The van der Waals surface area contributed by atoms with E-state index in [1.165, 1.54) is 0 Å². The highest BCUT2D eigenvalue weighted by molar-refractivity contribution is 6.04. The lowest BCUT2D eigenvalue weighted by atomic mass is 9.99. The summed E-state index contributed by atoms with van der Waals surface area (Å²) in [4.78, 5) is 14.7. The van der Waals surface area contributed by atoms with Crippen LogP contribution in [0, 0.1) is 0 Å². The number of phenolic OH excluding ortho intramolecular Hbond substituents is 1. The van der Waals surface area contributed by atoms with Crippen LogP contribution in [0.4, 0.5) is 5.69 Å². The first-order valence-corrected chi connectivity index (χ1v) is 14.0. The Morgan fingerprint density at radius 2 is 1.69 bits per heavy atom. The zero-order valence-electron chi connectivity index (χ0n) is 23.5. The van der Waals surface area contributed by atoms with Gasteiger partial charge in [-0.1, -0.05) is 66.7 Å². The van der Waals surface area contributed by atoms with Gasteiger partial charge in [0.25, 0.3) is 5.91 Å². The number of likely N-dealkylation sites (N-methyl/N-ethyl adjacent to an activating group) is 1. The van der Waals surface area contributed by atoms with Crippen molar-refractivity contribution in [1.82, 2.24) is 4.90 Å². The number of nitrogens with one attached hydrogen (secondary N) is 1. The molecule has 1 saturated heterocycles. The topological polar surface area (TPSA) is 111 Å². The minimum atomic E-state index is -0.774. The lowest BCUT2D eigenvalue weighted by Crippen LogP contribution is -2.39. The first kappa shape index (κ1) is 29.4. The molecule has 0 saturated carbocycles. The van der Waals surface area contributed by atoms with Crippen molar-refractivity contribution in [1.29, 1.82) is 0 Å². The zero-order chi connectivity index (χ0) is 29.5. The maximum Gasteiger partial charge on any atom is 0.255 e. The van der Waals surface area contributed by atoms with E-state index in [1.54, 1.807) is 36.4 Å². The summed E-state index contributed by atoms with van der Waals surface area (Å²) >= 11 is 0. The normalized spacial score (nSPS) is 19.4. The van der Waals surface area contributed by atoms with Gasteiger partial charge in [-0.3, -0.25) is 4.79 Å². The Labute approximate surface area is 245 Å². The average molecular weight is 569 g/mol. The Balaban J connectivity index is 1.32. The van der Waals surface area contributed by atoms with Gasteiger partial charge in [0.15, 0.2) is 6.29 Å². The molecule has 1 fully saturated rings. The standard InChI is InChI=1S/C34H36N2O6/c1-36(21-31(39)26-9-6-12-29(38)18-26)20-30-19-32(24-15-13-23(22-37)14-16-24)42-34(41-30)27-10-5-11-28(17-27)35-33(40)25-7-3-2-4-8-25/h2-18,30-32,34,37-39H,19-22H2,1H3,(H,35,40)/t30-,31+,32+,34+/m0/s1. The molecule has 0 unspecified atom stereocenters. The molecule has 0 aromatic heterocycles. The molecule has 1 amide bonds. The van der Waals surface area contributed by atoms with Crippen LogP contribution in [0.1, 0.15) is 57.5 Å². The van der Waals surface area contributed by atoms with Crippen LogP contribution >= 0.6 is 0 Å². The van der Waals surface area contributed by atoms with Crippen LogP contribution in [0.15, 0.2) is 103 Å². The van der Waals surface area contributed by atoms with E-state index in [1.807, 2.05) is 78.7 Å². The van der Waals surface area contributed by atoms with E-state index in [-0.39, 0.29) is 30.5 Å². The van der Waals surface area contributed by atoms with Gasteiger partial charge in [-0.2, -0.15) is 0 Å². The molecule has 42 heavy (non-hydrogen) atoms. The van der Waals surface area contributed by atoms with Gasteiger partial charge in [0.1, 0.15) is 5.75 Å². The number of rotatable bonds is 10. The monoisotopic (exact) mass is 568 g/mol. The highest BCUT2D eigenvalue weighted by atomic mass is 16.7. The summed E-state index contributed by atoms with van der Waals surface area (Å²) in [5.74, 6) is -0.0908. The number of anilines is 1. The molecule has 0 spiro atoms. The number of hydrogen-bond donors (Lipinski definition) is 4. The van der Waals surface area contributed by atoms with Crippen molar-refractivity contribution < 1.29 is 29.6 Å². The lowest BCUT2D eigenvalue weighted by molar-refractivity contribution is -0.252. The van der Waals surface area contributed by atoms with Crippen LogP contribution in [0.2, 0.25) is 0 Å². The highest BCUT2D eigenvalue weighted by Gasteiger charge is 2.33. The van der Waals surface area contributed by atoms with E-state index >= 15 is 0 Å². The first-order chi connectivity index (χ1) is 20.4. The summed E-state index contributed by atoms with van der Waals surface area (Å²) in [5, 5.41) is 33.0. The molecule has 1 heterocycles. The Morgan fingerprint density at radius 1 is 0.929 bits per heavy atom. The number of amides is 1. The second kappa shape index (κ2) is 13.7. The van der Waals surface area contributed by atoms with Gasteiger partial charge in [0.05, 0.1) is 24.9 Å². The van der Waals surface area contributed by atoms with Crippen molar-refractivity contribution in [3.05, 3.63) is 131 Å². The van der Waals surface area contributed by atoms with Crippen LogP contribution in [-0.4, -0.2) is 52.4 Å². The van der Waals surface area contributed by atoms with Crippen LogP contribution in [0.3, 0.4) is 0 Å². The number of phenols is 1. The number of ether oxygens (including phenoxy) is 2. The van der Waals surface area contributed by atoms with Crippen molar-refractivity contribution in [3.63, 3.8) is 0 Å². The average Bonchev–Trinajstić information content (AvgIpc) is 3.01. The van der Waals surface area contributed by atoms with E-state index in [2.05, 4.69) is 5.32 Å². The van der Waals surface area contributed by atoms with Crippen molar-refractivity contribution in [2.24, 2.45) is 0 Å². The fraction of sp³-hybridized carbons (Fsp3) is 0.265. The van der Waals surface area contributed by atoms with E-state index in [0.29, 0.717) is 36.3 Å². The minimum Gasteiger partial charge on any atom is -0.508 e. The number of benzene rings is 4. The molecule has 218 valence electrons. The molecule has 0 aliphatic carbocycles. The van der Waals surface area contributed by atoms with E-state index in [9.17, 15) is 20.1 Å². The molecular weight excluding hydrogens is 532 g/mol. The Kier molecular flexibility index (Phi) is 9.63. The molecule has 8 nitrogen and oxygen atoms in total. The SMILES string of the molecule is CN(C[C@@H]1C[C@H](c2ccc(CO)cc2)O[C@H](c2cccc(NC(=O)c3ccccc3)c2)O1)C[C@@H](O)c1cccc(O)c1. The highest BCUT2D eigenvalue weighted by Crippen LogP contribution is 2.38. The van der Waals surface area contributed by atoms with Gasteiger partial charge in [0, 0.05) is 36.3 Å². The molecule has 4 aromatic rings. The van der Waals surface area contributed by atoms with Gasteiger partial charge < -0.3 is 35.0 Å². The Hall–Kier alpha value is -4.05. The molecule has 4 N–H and O–H groups in total. The molecule has 4 atom stereocenters. The summed E-state index contributed by atoms with van der Waals surface area (Å²) in [6, 6.07) is 30.8. The van der Waals surface area contributed by atoms with Crippen LogP contribution in [0.25, 0.3) is 0 Å². The molecule has 4 aromatic carbocycles. The first-order valence-electron chi connectivity index (χ1n) is 14.0. The molecule has 1 aliphatic rings. The molecule has 0 radical (unpaired) electrons. The van der Waals surface area contributed by atoms with Crippen molar-refractivity contribution >= 4 is 11.6 Å². The molecular formula is C34H36N2O6. The maximum atomic E-state index is 12.7. The third kappa shape index (κ3) is 7.61. The van der Waals surface area contributed by atoms with E-state index < -0.39 is 12.4 Å². The summed E-state index contributed by atoms with van der Waals surface area (Å²) in [7, 11) is 1.92. The summed E-state index contributed by atoms with van der Waals surface area (Å²) < 4.78 is 12.9. The minimum absolute atomic E-state index is 0.0338. The van der Waals surface area contributed by atoms with E-state index in [4.69, 9.17) is 9.47 Å². The zero-order valence-corrected chi connectivity index (χ0v) is 23.5. The number of carbonyl (C=O) groups excluding carboxylic acids is 1. The fourth-order valence-corrected chi connectivity index (χ4v) is 5.14. The Morgan fingerprint density at radius 3 is 2.43 bits per heavy atom. The third-order valence-corrected chi connectivity index (χ3v) is 7.32. The summed E-state index contributed by atoms with van der Waals surface area (Å²) in [5.41, 5.74) is 4.40. The predicted octanol–water partition coefficient (Wildman–Crippen LogP) is 5.35. The smallest absolute Gasteiger partial charge is 0.255 e. The second-order valence-corrected chi connectivity index (χ2v) is 10.6. The maximum absolute atomic E-state index is 12.7. The number of aliphatic hydroxyl groups excluding tert-OH is 2. The largest absolute Gasteiger partial charge is 0.508 e. The second-order valence-electron chi connectivity index (χ2n) is 10.6. The quantitative estimate of drug-likeness (QED) is 0.204. The van der Waals surface area contributed by atoms with Gasteiger partial charge >= 0.3 is 0 Å². The molecule has 8 heteroatoms. The number of aliphatic hydroxyl groups is 2. The number of aromatic hydroxyl groups is 1. The van der Waals surface area contributed by atoms with Crippen LogP contribution in [-0.2, 0) is 16.1 Å². The van der Waals surface area contributed by atoms with Gasteiger partial charge in [-0.25, -0.2) is 0 Å². The number of nitrogens with zero attached hydrogens (tertiary/aromatic N) is 1. The van der Waals surface area contributed by atoms with Crippen molar-refractivity contribution in [2.45, 2.75) is 37.6 Å². The predicted molar refractivity (Wildman–Crippen MR) is 160 cm³/mol. The molecule has 5 rings (SSSR count). The Bertz CT molecular complexity index is 1460. The van der Waals surface area contributed by atoms with Gasteiger partial charge in [-0.15, -0.1) is 0 Å². The van der Waals surface area contributed by atoms with E-state index in [0.717, 1.165) is 16.7 Å².